The van der Waals surface area contributed by atoms with Crippen molar-refractivity contribution < 1.29 is 4.57 Å². The van der Waals surface area contributed by atoms with E-state index in [1.54, 1.807) is 5.57 Å². The largest absolute Gasteiger partial charge is 0.256 e. The van der Waals surface area contributed by atoms with Crippen LogP contribution < -0.4 is 4.57 Å². The molecule has 0 fully saturated rings. The van der Waals surface area contributed by atoms with Crippen molar-refractivity contribution in [2.75, 3.05) is 0 Å². The predicted molar refractivity (Wildman–Crippen MR) is 182 cm³/mol. The van der Waals surface area contributed by atoms with Crippen LogP contribution >= 0.6 is 0 Å². The van der Waals surface area contributed by atoms with Crippen molar-refractivity contribution in [2.24, 2.45) is 11.8 Å². The molecule has 43 heavy (non-hydrogen) atoms. The number of allylic oxidation sites excluding steroid dienone is 4. The van der Waals surface area contributed by atoms with E-state index in [4.69, 9.17) is 4.98 Å². The molecule has 0 saturated heterocycles. The quantitative estimate of drug-likeness (QED) is 0.211. The molecule has 3 heterocycles. The second-order valence-corrected chi connectivity index (χ2v) is 15.1. The maximum absolute atomic E-state index is 5.18. The van der Waals surface area contributed by atoms with E-state index in [0.29, 0.717) is 11.8 Å². The van der Waals surface area contributed by atoms with Crippen LogP contribution in [-0.2, 0) is 16.4 Å². The zero-order valence-corrected chi connectivity index (χ0v) is 27.9. The molecule has 2 aromatic heterocycles. The Morgan fingerprint density at radius 2 is 1.60 bits per heavy atom. The predicted octanol–water partition coefficient (Wildman–Crippen LogP) is 10.5. The van der Waals surface area contributed by atoms with Gasteiger partial charge in [0.25, 0.3) is 0 Å². The van der Waals surface area contributed by atoms with Crippen LogP contribution in [0.5, 0.6) is 0 Å². The van der Waals surface area contributed by atoms with Crippen molar-refractivity contribution in [3.05, 3.63) is 94.3 Å². The summed E-state index contributed by atoms with van der Waals surface area (Å²) in [6, 6.07) is 14.3. The Morgan fingerprint density at radius 3 is 2.28 bits per heavy atom. The Balaban J connectivity index is 1.67. The first-order valence-corrected chi connectivity index (χ1v) is 16.9. The molecular weight excluding hydrogens is 520 g/mol. The molecule has 2 aromatic carbocycles. The fraction of sp³-hybridized carbons (Fsp3) is 0.463. The van der Waals surface area contributed by atoms with Gasteiger partial charge in [0, 0.05) is 29.5 Å². The molecule has 0 bridgehead atoms. The van der Waals surface area contributed by atoms with E-state index in [1.165, 1.54) is 86.4 Å². The van der Waals surface area contributed by atoms with Gasteiger partial charge in [0.05, 0.1) is 22.0 Å². The molecule has 3 aliphatic rings. The molecule has 0 radical (unpaired) electrons. The molecule has 2 aliphatic carbocycles. The minimum atomic E-state index is -0.285. The topological polar surface area (TPSA) is 16.8 Å². The van der Waals surface area contributed by atoms with Crippen molar-refractivity contribution in [2.45, 2.75) is 111 Å². The van der Waals surface area contributed by atoms with Crippen molar-refractivity contribution in [3.8, 4) is 11.3 Å². The summed E-state index contributed by atoms with van der Waals surface area (Å²) in [5.74, 6) is 1.15. The highest BCUT2D eigenvalue weighted by Gasteiger charge is 2.57. The van der Waals surface area contributed by atoms with Gasteiger partial charge in [-0.05, 0) is 88.8 Å². The highest BCUT2D eigenvalue weighted by molar-refractivity contribution is 6.06. The van der Waals surface area contributed by atoms with Gasteiger partial charge in [-0.3, -0.25) is 4.98 Å². The second-order valence-electron chi connectivity index (χ2n) is 15.1. The lowest BCUT2D eigenvalue weighted by atomic mass is 9.66. The molecule has 1 spiro atoms. The van der Waals surface area contributed by atoms with Crippen LogP contribution in [0, 0.1) is 11.8 Å². The fourth-order valence-corrected chi connectivity index (χ4v) is 8.89. The summed E-state index contributed by atoms with van der Waals surface area (Å²) in [4.78, 5) is 5.18. The van der Waals surface area contributed by atoms with E-state index in [-0.39, 0.29) is 16.4 Å². The average Bonchev–Trinajstić information content (AvgIpc) is 3.26. The molecule has 1 unspecified atom stereocenters. The Hall–Kier alpha value is -3.26. The second kappa shape index (κ2) is 9.62. The molecule has 7 rings (SSSR count). The minimum Gasteiger partial charge on any atom is -0.256 e. The Kier molecular flexibility index (Phi) is 6.38. The molecule has 4 aromatic rings. The average molecular weight is 570 g/mol. The van der Waals surface area contributed by atoms with Gasteiger partial charge in [-0.25, -0.2) is 0 Å². The SMILES string of the molecule is CCC(CC)C1=CC2(CC(C(CC)CC)=C1)c1c3c(cc4cccnc14)C(C)(C)c1cc(C(C)(C)C)cc4cc[n+]2c-3c14. The summed E-state index contributed by atoms with van der Waals surface area (Å²) in [6.07, 6.45) is 15.5. The highest BCUT2D eigenvalue weighted by atomic mass is 15.1. The summed E-state index contributed by atoms with van der Waals surface area (Å²) in [6.45, 7) is 21.4. The summed E-state index contributed by atoms with van der Waals surface area (Å²) < 4.78 is 2.70. The highest BCUT2D eigenvalue weighted by Crippen LogP contribution is 2.58. The summed E-state index contributed by atoms with van der Waals surface area (Å²) in [7, 11) is 0. The molecule has 2 nitrogen and oxygen atoms in total. The third-order valence-corrected chi connectivity index (χ3v) is 11.5. The first-order chi connectivity index (χ1) is 20.5. The Bertz CT molecular complexity index is 1850. The number of fused-ring (bicyclic) bond motifs is 4. The first-order valence-electron chi connectivity index (χ1n) is 16.9. The van der Waals surface area contributed by atoms with Crippen molar-refractivity contribution >= 4 is 21.7 Å². The van der Waals surface area contributed by atoms with E-state index >= 15 is 0 Å². The van der Waals surface area contributed by atoms with Gasteiger partial charge in [-0.2, -0.15) is 4.57 Å². The van der Waals surface area contributed by atoms with Crippen molar-refractivity contribution in [1.29, 1.82) is 0 Å². The van der Waals surface area contributed by atoms with Gasteiger partial charge in [-0.15, -0.1) is 0 Å². The minimum absolute atomic E-state index is 0.0816. The molecule has 0 N–H and O–H groups in total. The zero-order chi connectivity index (χ0) is 30.5. The third kappa shape index (κ3) is 3.84. The van der Waals surface area contributed by atoms with Crippen LogP contribution in [0.2, 0.25) is 0 Å². The van der Waals surface area contributed by atoms with Gasteiger partial charge in [-0.1, -0.05) is 92.2 Å². The summed E-state index contributed by atoms with van der Waals surface area (Å²) in [5, 5.41) is 4.07. The lowest BCUT2D eigenvalue weighted by Gasteiger charge is -2.34. The standard InChI is InChI=1S/C41H49N2/c1-10-25(11-2)29-19-30(26(12-3)13-4)24-41(23-29)36-35-32(21-28-15-14-17-42-37(28)36)40(8,9)33-22-31(39(5,6)7)20-27-16-18-43(41)38(35)34(27)33/h14-23,25-26H,10-13,24H2,1-9H3/q+1. The lowest BCUT2D eigenvalue weighted by molar-refractivity contribution is -0.725. The van der Waals surface area contributed by atoms with E-state index in [0.717, 1.165) is 6.42 Å². The van der Waals surface area contributed by atoms with Gasteiger partial charge in [0.2, 0.25) is 11.2 Å². The number of nitrogens with zero attached hydrogens (tertiary/aromatic N) is 2. The lowest BCUT2D eigenvalue weighted by Crippen LogP contribution is -2.55. The summed E-state index contributed by atoms with van der Waals surface area (Å²) in [5.41, 5.74) is 12.6. The van der Waals surface area contributed by atoms with E-state index in [1.807, 2.05) is 6.20 Å². The van der Waals surface area contributed by atoms with Gasteiger partial charge in [0.1, 0.15) is 0 Å². The number of benzene rings is 2. The van der Waals surface area contributed by atoms with Crippen LogP contribution in [-0.4, -0.2) is 4.98 Å². The smallest absolute Gasteiger partial charge is 0.222 e. The number of hydrogen-bond donors (Lipinski definition) is 0. The number of hydrogen-bond acceptors (Lipinski definition) is 1. The fourth-order valence-electron chi connectivity index (χ4n) is 8.89. The first kappa shape index (κ1) is 28.5. The van der Waals surface area contributed by atoms with E-state index in [9.17, 15) is 0 Å². The van der Waals surface area contributed by atoms with Crippen LogP contribution in [0.1, 0.15) is 117 Å². The van der Waals surface area contributed by atoms with E-state index in [2.05, 4.69) is 122 Å². The Labute approximate surface area is 258 Å². The molecule has 0 amide bonds. The van der Waals surface area contributed by atoms with Crippen molar-refractivity contribution in [3.63, 3.8) is 0 Å². The maximum Gasteiger partial charge on any atom is 0.222 e. The van der Waals surface area contributed by atoms with Gasteiger partial charge in [0.15, 0.2) is 6.20 Å². The zero-order valence-electron chi connectivity index (χ0n) is 27.9. The molecule has 1 atom stereocenters. The van der Waals surface area contributed by atoms with Crippen LogP contribution in [0.25, 0.3) is 32.9 Å². The van der Waals surface area contributed by atoms with Crippen LogP contribution in [0.15, 0.2) is 72.1 Å². The Morgan fingerprint density at radius 1 is 0.884 bits per heavy atom. The number of rotatable bonds is 6. The van der Waals surface area contributed by atoms with Crippen molar-refractivity contribution in [1.82, 2.24) is 4.98 Å². The van der Waals surface area contributed by atoms with Crippen LogP contribution in [0.3, 0.4) is 0 Å². The molecule has 222 valence electrons. The van der Waals surface area contributed by atoms with Gasteiger partial charge < -0.3 is 0 Å². The molecule has 2 heteroatoms. The molecule has 1 aliphatic heterocycles. The number of pyridine rings is 2. The van der Waals surface area contributed by atoms with Gasteiger partial charge >= 0.3 is 0 Å². The van der Waals surface area contributed by atoms with E-state index < -0.39 is 0 Å². The molecular formula is C41H49N2+. The third-order valence-electron chi connectivity index (χ3n) is 11.5. The molecule has 0 saturated carbocycles. The van der Waals surface area contributed by atoms with Crippen LogP contribution in [0.4, 0.5) is 0 Å². The monoisotopic (exact) mass is 569 g/mol. The maximum atomic E-state index is 5.18. The normalized spacial score (nSPS) is 20.1. The summed E-state index contributed by atoms with van der Waals surface area (Å²) >= 11 is 0. The number of aromatic nitrogens is 2.